The van der Waals surface area contributed by atoms with Gasteiger partial charge in [0, 0.05) is 17.5 Å². The van der Waals surface area contributed by atoms with E-state index in [1.54, 1.807) is 19.1 Å². The predicted octanol–water partition coefficient (Wildman–Crippen LogP) is 3.99. The number of amides is 1. The molecule has 6 nitrogen and oxygen atoms in total. The van der Waals surface area contributed by atoms with E-state index in [9.17, 15) is 9.18 Å². The number of carbonyl (C=O) groups is 1. The Balaban J connectivity index is 1.76. The molecule has 1 amide bonds. The van der Waals surface area contributed by atoms with Crippen molar-refractivity contribution in [2.75, 3.05) is 5.32 Å². The maximum atomic E-state index is 13.5. The summed E-state index contributed by atoms with van der Waals surface area (Å²) in [5.41, 5.74) is 1.53. The summed E-state index contributed by atoms with van der Waals surface area (Å²) in [5.74, 6) is 0.105. The zero-order valence-electron chi connectivity index (χ0n) is 14.6. The number of hydrogen-bond acceptors (Lipinski definition) is 6. The van der Waals surface area contributed by atoms with E-state index in [0.29, 0.717) is 28.2 Å². The van der Waals surface area contributed by atoms with E-state index < -0.39 is 0 Å². The quantitative estimate of drug-likeness (QED) is 0.643. The Kier molecular flexibility index (Phi) is 5.67. The molecule has 0 radical (unpaired) electrons. The summed E-state index contributed by atoms with van der Waals surface area (Å²) in [7, 11) is 0. The first-order chi connectivity index (χ1) is 12.5. The maximum absolute atomic E-state index is 13.5. The van der Waals surface area contributed by atoms with E-state index in [4.69, 9.17) is 0 Å². The number of aryl methyl sites for hydroxylation is 1. The molecule has 2 heterocycles. The van der Waals surface area contributed by atoms with Crippen molar-refractivity contribution >= 4 is 34.1 Å². The van der Waals surface area contributed by atoms with Gasteiger partial charge in [-0.3, -0.25) is 4.79 Å². The molecule has 0 fully saturated rings. The van der Waals surface area contributed by atoms with Gasteiger partial charge in [-0.05, 0) is 32.9 Å². The highest BCUT2D eigenvalue weighted by atomic mass is 32.2. The first-order valence-electron chi connectivity index (χ1n) is 8.06. The molecule has 1 N–H and O–H groups in total. The number of rotatable bonds is 6. The Morgan fingerprint density at radius 1 is 1.42 bits per heavy atom. The smallest absolute Gasteiger partial charge is 0.239 e. The van der Waals surface area contributed by atoms with Gasteiger partial charge in [0.05, 0.1) is 10.9 Å². The zero-order chi connectivity index (χ0) is 18.7. The van der Waals surface area contributed by atoms with Gasteiger partial charge in [0.2, 0.25) is 5.91 Å². The van der Waals surface area contributed by atoms with Gasteiger partial charge >= 0.3 is 0 Å². The fourth-order valence-corrected chi connectivity index (χ4v) is 3.94. The highest BCUT2D eigenvalue weighted by Gasteiger charge is 2.21. The van der Waals surface area contributed by atoms with Crippen molar-refractivity contribution in [1.82, 2.24) is 19.7 Å². The fraction of sp³-hybridized carbons (Fsp3) is 0.294. The largest absolute Gasteiger partial charge is 0.302 e. The van der Waals surface area contributed by atoms with Gasteiger partial charge in [-0.15, -0.1) is 21.5 Å². The highest BCUT2D eigenvalue weighted by Crippen LogP contribution is 2.28. The molecule has 0 aliphatic heterocycles. The van der Waals surface area contributed by atoms with Crippen LogP contribution in [0.2, 0.25) is 0 Å². The van der Waals surface area contributed by atoms with Gasteiger partial charge in [0.15, 0.2) is 16.1 Å². The van der Waals surface area contributed by atoms with Crippen LogP contribution in [0.25, 0.3) is 11.4 Å². The van der Waals surface area contributed by atoms with Crippen molar-refractivity contribution in [1.29, 1.82) is 0 Å². The van der Waals surface area contributed by atoms with Gasteiger partial charge in [-0.1, -0.05) is 23.9 Å². The lowest BCUT2D eigenvalue weighted by atomic mass is 10.2. The lowest BCUT2D eigenvalue weighted by molar-refractivity contribution is -0.115. The topological polar surface area (TPSA) is 72.7 Å². The number of nitrogens with zero attached hydrogens (tertiary/aromatic N) is 4. The standard InChI is InChI=1S/C17H18FN5OS2/c1-4-23-14(12-6-5-7-13(18)8-12)21-22-17(23)26-11(3)15(24)20-16-19-10(2)9-25-16/h5-9,11H,4H2,1-3H3,(H,19,20,24). The predicted molar refractivity (Wildman–Crippen MR) is 102 cm³/mol. The summed E-state index contributed by atoms with van der Waals surface area (Å²) >= 11 is 2.70. The summed E-state index contributed by atoms with van der Waals surface area (Å²) < 4.78 is 15.4. The summed E-state index contributed by atoms with van der Waals surface area (Å²) in [4.78, 5) is 16.6. The van der Waals surface area contributed by atoms with Crippen molar-refractivity contribution in [2.24, 2.45) is 0 Å². The van der Waals surface area contributed by atoms with Crippen LogP contribution in [0.5, 0.6) is 0 Å². The van der Waals surface area contributed by atoms with Crippen LogP contribution in [-0.4, -0.2) is 30.9 Å². The molecule has 2 aromatic heterocycles. The monoisotopic (exact) mass is 391 g/mol. The van der Waals surface area contributed by atoms with Crippen LogP contribution in [0, 0.1) is 12.7 Å². The minimum absolute atomic E-state index is 0.151. The van der Waals surface area contributed by atoms with Crippen LogP contribution in [0.1, 0.15) is 19.5 Å². The molecule has 0 spiro atoms. The van der Waals surface area contributed by atoms with Crippen molar-refractivity contribution in [2.45, 2.75) is 37.7 Å². The summed E-state index contributed by atoms with van der Waals surface area (Å²) in [5, 5.41) is 13.9. The lowest BCUT2D eigenvalue weighted by Gasteiger charge is -2.11. The number of nitrogens with one attached hydrogen (secondary N) is 1. The van der Waals surface area contributed by atoms with Gasteiger partial charge in [-0.2, -0.15) is 0 Å². The second kappa shape index (κ2) is 7.96. The SMILES string of the molecule is CCn1c(SC(C)C(=O)Nc2nc(C)cs2)nnc1-c1cccc(F)c1. The summed E-state index contributed by atoms with van der Waals surface area (Å²) in [6.45, 7) is 6.25. The van der Waals surface area contributed by atoms with E-state index in [1.807, 2.05) is 23.8 Å². The van der Waals surface area contributed by atoms with Gasteiger partial charge < -0.3 is 9.88 Å². The zero-order valence-corrected chi connectivity index (χ0v) is 16.2. The molecule has 0 aliphatic rings. The second-order valence-corrected chi connectivity index (χ2v) is 7.77. The van der Waals surface area contributed by atoms with Crippen LogP contribution < -0.4 is 5.32 Å². The number of thiazole rings is 1. The van der Waals surface area contributed by atoms with Crippen molar-refractivity contribution in [3.8, 4) is 11.4 Å². The first kappa shape index (κ1) is 18.5. The molecule has 26 heavy (non-hydrogen) atoms. The average molecular weight is 391 g/mol. The van der Waals surface area contributed by atoms with E-state index in [-0.39, 0.29) is 17.0 Å². The third-order valence-corrected chi connectivity index (χ3v) is 5.57. The van der Waals surface area contributed by atoms with Crippen molar-refractivity contribution in [3.63, 3.8) is 0 Å². The molecule has 0 bridgehead atoms. The minimum atomic E-state index is -0.380. The third-order valence-electron chi connectivity index (χ3n) is 3.62. The number of halogens is 1. The lowest BCUT2D eigenvalue weighted by Crippen LogP contribution is -2.22. The van der Waals surface area contributed by atoms with E-state index in [2.05, 4.69) is 20.5 Å². The molecule has 0 aliphatic carbocycles. The molecule has 3 rings (SSSR count). The van der Waals surface area contributed by atoms with Crippen LogP contribution in [0.15, 0.2) is 34.8 Å². The Hall–Kier alpha value is -2.26. The third kappa shape index (κ3) is 4.10. The number of carbonyl (C=O) groups excluding carboxylic acids is 1. The number of benzene rings is 1. The molecule has 136 valence electrons. The molecule has 0 saturated carbocycles. The Labute approximate surface area is 158 Å². The first-order valence-corrected chi connectivity index (χ1v) is 9.82. The van der Waals surface area contributed by atoms with Crippen LogP contribution in [-0.2, 0) is 11.3 Å². The van der Waals surface area contributed by atoms with E-state index in [0.717, 1.165) is 5.69 Å². The number of anilines is 1. The molecule has 9 heteroatoms. The molecular formula is C17H18FN5OS2. The van der Waals surface area contributed by atoms with Gasteiger partial charge in [0.1, 0.15) is 5.82 Å². The number of aromatic nitrogens is 4. The average Bonchev–Trinajstić information content (AvgIpc) is 3.20. The Morgan fingerprint density at radius 3 is 2.88 bits per heavy atom. The van der Waals surface area contributed by atoms with Gasteiger partial charge in [0.25, 0.3) is 0 Å². The van der Waals surface area contributed by atoms with Crippen molar-refractivity contribution < 1.29 is 9.18 Å². The molecule has 1 atom stereocenters. The number of thioether (sulfide) groups is 1. The summed E-state index contributed by atoms with van der Waals surface area (Å²) in [6, 6.07) is 6.23. The maximum Gasteiger partial charge on any atom is 0.239 e. The van der Waals surface area contributed by atoms with Crippen LogP contribution in [0.3, 0.4) is 0 Å². The van der Waals surface area contributed by atoms with Crippen molar-refractivity contribution in [3.05, 3.63) is 41.2 Å². The molecule has 0 saturated heterocycles. The Bertz CT molecular complexity index is 924. The normalized spacial score (nSPS) is 12.2. The highest BCUT2D eigenvalue weighted by molar-refractivity contribution is 8.00. The fourth-order valence-electron chi connectivity index (χ4n) is 2.33. The van der Waals surface area contributed by atoms with E-state index in [1.165, 1.54) is 35.2 Å². The molecule has 3 aromatic rings. The minimum Gasteiger partial charge on any atom is -0.302 e. The molecular weight excluding hydrogens is 373 g/mol. The van der Waals surface area contributed by atoms with Gasteiger partial charge in [-0.25, -0.2) is 9.37 Å². The Morgan fingerprint density at radius 2 is 2.23 bits per heavy atom. The van der Waals surface area contributed by atoms with Crippen LogP contribution >= 0.6 is 23.1 Å². The second-order valence-electron chi connectivity index (χ2n) is 5.60. The van der Waals surface area contributed by atoms with Crippen LogP contribution in [0.4, 0.5) is 9.52 Å². The number of hydrogen-bond donors (Lipinski definition) is 1. The summed E-state index contributed by atoms with van der Waals surface area (Å²) in [6.07, 6.45) is 0. The van der Waals surface area contributed by atoms with E-state index >= 15 is 0 Å². The molecule has 1 aromatic carbocycles. The molecule has 1 unspecified atom stereocenters.